The Morgan fingerprint density at radius 1 is 0.865 bits per heavy atom. The molecule has 1 N–H and O–H groups in total. The number of fused-ring (bicyclic) bond motifs is 1. The third-order valence-electron chi connectivity index (χ3n) is 5.84. The summed E-state index contributed by atoms with van der Waals surface area (Å²) in [5.41, 5.74) is 2.79. The number of piperazine rings is 1. The number of hydrogen-bond acceptors (Lipinski definition) is 8. The molecule has 2 aromatic carbocycles. The maximum atomic E-state index is 12.7. The number of nitrogens with zero attached hydrogens (tertiary/aromatic N) is 5. The van der Waals surface area contributed by atoms with Gasteiger partial charge in [0, 0.05) is 24.8 Å². The van der Waals surface area contributed by atoms with E-state index < -0.39 is 20.0 Å². The monoisotopic (exact) mass is 538 g/mol. The van der Waals surface area contributed by atoms with Crippen molar-refractivity contribution in [3.05, 3.63) is 73.2 Å². The number of carbonyl (C=O) groups is 1. The Bertz CT molecular complexity index is 1710. The molecular formula is C24H22N6O5S2. The number of carbonyl (C=O) groups excluding carboxylic acids is 1. The molecule has 0 saturated carbocycles. The van der Waals surface area contributed by atoms with Gasteiger partial charge in [0.05, 0.1) is 46.8 Å². The van der Waals surface area contributed by atoms with Gasteiger partial charge in [0.15, 0.2) is 5.82 Å². The average molecular weight is 539 g/mol. The van der Waals surface area contributed by atoms with Gasteiger partial charge in [0.2, 0.25) is 15.9 Å². The topological polar surface area (TPSA) is 143 Å². The molecule has 1 aliphatic rings. The van der Waals surface area contributed by atoms with Gasteiger partial charge in [-0.3, -0.25) is 24.4 Å². The molecule has 0 radical (unpaired) electrons. The van der Waals surface area contributed by atoms with Crippen molar-refractivity contribution in [1.82, 2.24) is 19.3 Å². The van der Waals surface area contributed by atoms with E-state index in [1.54, 1.807) is 42.6 Å². The largest absolute Gasteiger partial charge is 0.293 e. The Hall–Kier alpha value is -3.94. The van der Waals surface area contributed by atoms with Crippen molar-refractivity contribution < 1.29 is 21.6 Å². The highest BCUT2D eigenvalue weighted by Crippen LogP contribution is 2.27. The molecular weight excluding hydrogens is 516 g/mol. The van der Waals surface area contributed by atoms with Crippen molar-refractivity contribution >= 4 is 48.5 Å². The number of rotatable bonds is 6. The van der Waals surface area contributed by atoms with Crippen molar-refractivity contribution in [2.75, 3.05) is 35.5 Å². The normalized spacial score (nSPS) is 15.2. The summed E-state index contributed by atoms with van der Waals surface area (Å²) in [6, 6.07) is 15.1. The van der Waals surface area contributed by atoms with Crippen LogP contribution in [0.3, 0.4) is 0 Å². The van der Waals surface area contributed by atoms with Crippen LogP contribution in [0.15, 0.2) is 78.1 Å². The van der Waals surface area contributed by atoms with E-state index in [0.29, 0.717) is 28.1 Å². The van der Waals surface area contributed by atoms with Crippen LogP contribution in [0.5, 0.6) is 0 Å². The minimum atomic E-state index is -3.77. The highest BCUT2D eigenvalue weighted by molar-refractivity contribution is 7.92. The fraction of sp³-hybridized carbons (Fsp3) is 0.167. The van der Waals surface area contributed by atoms with Gasteiger partial charge in [-0.25, -0.2) is 21.8 Å². The molecule has 1 saturated heterocycles. The number of aromatic nitrogens is 3. The molecule has 2 aromatic heterocycles. The number of benzene rings is 2. The molecule has 3 heterocycles. The van der Waals surface area contributed by atoms with Crippen molar-refractivity contribution in [3.8, 4) is 11.1 Å². The number of pyridine rings is 1. The van der Waals surface area contributed by atoms with Crippen molar-refractivity contribution in [3.63, 3.8) is 0 Å². The van der Waals surface area contributed by atoms with Crippen molar-refractivity contribution in [1.29, 1.82) is 0 Å². The molecule has 0 unspecified atom stereocenters. The summed E-state index contributed by atoms with van der Waals surface area (Å²) in [7, 11) is -7.24. The maximum absolute atomic E-state index is 12.7. The molecule has 0 aliphatic carbocycles. The zero-order valence-corrected chi connectivity index (χ0v) is 21.3. The Morgan fingerprint density at radius 3 is 2.38 bits per heavy atom. The first-order valence-electron chi connectivity index (χ1n) is 11.2. The van der Waals surface area contributed by atoms with Crippen molar-refractivity contribution in [2.45, 2.75) is 4.90 Å². The molecule has 1 aliphatic heterocycles. The first kappa shape index (κ1) is 24.7. The molecule has 4 aromatic rings. The molecule has 0 atom stereocenters. The molecule has 0 bridgehead atoms. The summed E-state index contributed by atoms with van der Waals surface area (Å²) in [5.74, 6) is -0.0608. The predicted molar refractivity (Wildman–Crippen MR) is 139 cm³/mol. The second kappa shape index (κ2) is 9.50. The summed E-state index contributed by atoms with van der Waals surface area (Å²) < 4.78 is 52.6. The zero-order chi connectivity index (χ0) is 26.2. The van der Waals surface area contributed by atoms with Crippen LogP contribution in [-0.4, -0.2) is 67.9 Å². The van der Waals surface area contributed by atoms with E-state index in [2.05, 4.69) is 19.7 Å². The number of anilines is 2. The molecule has 37 heavy (non-hydrogen) atoms. The van der Waals surface area contributed by atoms with Gasteiger partial charge in [-0.05, 0) is 35.9 Å². The van der Waals surface area contributed by atoms with Crippen LogP contribution in [0.1, 0.15) is 0 Å². The summed E-state index contributed by atoms with van der Waals surface area (Å²) in [6.45, 7) is 0.0803. The molecule has 0 spiro atoms. The minimum absolute atomic E-state index is 0.140. The highest BCUT2D eigenvalue weighted by Gasteiger charge is 2.30. The highest BCUT2D eigenvalue weighted by atomic mass is 32.2. The van der Waals surface area contributed by atoms with Crippen LogP contribution in [0.25, 0.3) is 22.2 Å². The van der Waals surface area contributed by atoms with E-state index in [1.165, 1.54) is 29.4 Å². The van der Waals surface area contributed by atoms with E-state index in [1.807, 2.05) is 6.07 Å². The van der Waals surface area contributed by atoms with Gasteiger partial charge in [0.1, 0.15) is 0 Å². The number of amides is 1. The lowest BCUT2D eigenvalue weighted by Crippen LogP contribution is -2.52. The van der Waals surface area contributed by atoms with E-state index in [9.17, 15) is 21.6 Å². The van der Waals surface area contributed by atoms with Crippen LogP contribution in [0.4, 0.5) is 11.5 Å². The third-order valence-corrected chi connectivity index (χ3v) is 8.48. The standard InChI is InChI=1S/C24H22N6O5S2/c1-36(32,33)29-9-10-30(24(31)16-29)23-15-26-21-8-7-17(12-22(21)27-23)18-11-19(14-25-13-18)28-37(34,35)20-5-3-2-4-6-20/h2-8,11-15,28H,9-10,16H2,1H3. The Morgan fingerprint density at radius 2 is 1.65 bits per heavy atom. The smallest absolute Gasteiger partial charge is 0.261 e. The molecule has 13 heteroatoms. The molecule has 1 amide bonds. The lowest BCUT2D eigenvalue weighted by Gasteiger charge is -2.32. The molecule has 190 valence electrons. The SMILES string of the molecule is CS(=O)(=O)N1CCN(c2cnc3ccc(-c4cncc(NS(=O)(=O)c5ccccc5)c4)cc3n2)C(=O)C1. The fourth-order valence-corrected chi connectivity index (χ4v) is 5.77. The van der Waals surface area contributed by atoms with E-state index >= 15 is 0 Å². The zero-order valence-electron chi connectivity index (χ0n) is 19.6. The predicted octanol–water partition coefficient (Wildman–Crippen LogP) is 2.10. The van der Waals surface area contributed by atoms with Crippen LogP contribution < -0.4 is 9.62 Å². The molecule has 11 nitrogen and oxygen atoms in total. The molecule has 1 fully saturated rings. The van der Waals surface area contributed by atoms with Gasteiger partial charge in [-0.2, -0.15) is 4.31 Å². The summed E-state index contributed by atoms with van der Waals surface area (Å²) in [6.07, 6.45) is 5.58. The van der Waals surface area contributed by atoms with E-state index in [-0.39, 0.29) is 30.4 Å². The van der Waals surface area contributed by atoms with Crippen LogP contribution in [0, 0.1) is 0 Å². The van der Waals surface area contributed by atoms with E-state index in [0.717, 1.165) is 16.1 Å². The van der Waals surface area contributed by atoms with Crippen LogP contribution in [0.2, 0.25) is 0 Å². The first-order valence-corrected chi connectivity index (χ1v) is 14.5. The quantitative estimate of drug-likeness (QED) is 0.393. The van der Waals surface area contributed by atoms with Gasteiger partial charge < -0.3 is 0 Å². The Kier molecular flexibility index (Phi) is 6.35. The lowest BCUT2D eigenvalue weighted by molar-refractivity contribution is -0.120. The van der Waals surface area contributed by atoms with Gasteiger partial charge in [-0.15, -0.1) is 0 Å². The van der Waals surface area contributed by atoms with E-state index in [4.69, 9.17) is 0 Å². The van der Waals surface area contributed by atoms with Crippen LogP contribution in [-0.2, 0) is 24.8 Å². The number of nitrogens with one attached hydrogen (secondary N) is 1. The lowest BCUT2D eigenvalue weighted by atomic mass is 10.1. The average Bonchev–Trinajstić information content (AvgIpc) is 2.88. The Balaban J connectivity index is 1.42. The number of sulfonamides is 2. The minimum Gasteiger partial charge on any atom is -0.293 e. The third kappa shape index (κ3) is 5.28. The second-order valence-electron chi connectivity index (χ2n) is 8.45. The first-order chi connectivity index (χ1) is 17.6. The fourth-order valence-electron chi connectivity index (χ4n) is 3.96. The second-order valence-corrected chi connectivity index (χ2v) is 12.1. The molecule has 5 rings (SSSR count). The van der Waals surface area contributed by atoms with Crippen LogP contribution >= 0.6 is 0 Å². The number of hydrogen-bond donors (Lipinski definition) is 1. The Labute approximate surface area is 213 Å². The van der Waals surface area contributed by atoms with Gasteiger partial charge >= 0.3 is 0 Å². The maximum Gasteiger partial charge on any atom is 0.261 e. The van der Waals surface area contributed by atoms with Gasteiger partial charge in [-0.1, -0.05) is 24.3 Å². The summed E-state index contributed by atoms with van der Waals surface area (Å²) >= 11 is 0. The summed E-state index contributed by atoms with van der Waals surface area (Å²) in [5, 5.41) is 0. The van der Waals surface area contributed by atoms with Crippen molar-refractivity contribution in [2.24, 2.45) is 0 Å². The summed E-state index contributed by atoms with van der Waals surface area (Å²) in [4.78, 5) is 27.3. The van der Waals surface area contributed by atoms with Gasteiger partial charge in [0.25, 0.3) is 10.0 Å².